The molecule has 1 heterocycles. The van der Waals surface area contributed by atoms with E-state index in [1.165, 1.54) is 11.1 Å². The lowest BCUT2D eigenvalue weighted by molar-refractivity contribution is 0.183. The van der Waals surface area contributed by atoms with Crippen molar-refractivity contribution in [1.82, 2.24) is 4.90 Å². The first kappa shape index (κ1) is 14.6. The van der Waals surface area contributed by atoms with Crippen molar-refractivity contribution in [3.63, 3.8) is 0 Å². The molecule has 19 heavy (non-hydrogen) atoms. The highest BCUT2D eigenvalue weighted by molar-refractivity contribution is 6.20. The summed E-state index contributed by atoms with van der Waals surface area (Å²) in [5.74, 6) is 1.05. The number of alkyl halides is 1. The average molecular weight is 284 g/mol. The molecule has 0 bridgehead atoms. The van der Waals surface area contributed by atoms with Crippen LogP contribution in [0.1, 0.15) is 11.1 Å². The molecule has 0 fully saturated rings. The number of hydrogen-bond acceptors (Lipinski definition) is 3. The average Bonchev–Trinajstić information content (AvgIpc) is 2.83. The number of nitrogens with zero attached hydrogens (tertiary/aromatic N) is 1. The van der Waals surface area contributed by atoms with Gasteiger partial charge in [0.25, 0.3) is 0 Å². The molecule has 0 radical (unpaired) electrons. The zero-order chi connectivity index (χ0) is 13.7. The van der Waals surface area contributed by atoms with Crippen LogP contribution in [0.4, 0.5) is 0 Å². The van der Waals surface area contributed by atoms with Gasteiger partial charge in [-0.3, -0.25) is 0 Å². The first-order valence-corrected chi connectivity index (χ1v) is 7.19. The van der Waals surface area contributed by atoms with E-state index in [0.717, 1.165) is 38.3 Å². The second-order valence-corrected chi connectivity index (χ2v) is 5.72. The Labute approximate surface area is 120 Å². The number of ether oxygens (including phenoxy) is 2. The van der Waals surface area contributed by atoms with Gasteiger partial charge in [-0.15, -0.1) is 11.6 Å². The first-order chi connectivity index (χ1) is 9.19. The van der Waals surface area contributed by atoms with E-state index >= 15 is 0 Å². The SMILES string of the molecule is COCC(Cl)CN(C)CCc1ccc2c(c1)CCO2. The van der Waals surface area contributed by atoms with Gasteiger partial charge in [-0.2, -0.15) is 0 Å². The van der Waals surface area contributed by atoms with Crippen LogP contribution < -0.4 is 4.74 Å². The van der Waals surface area contributed by atoms with Crippen molar-refractivity contribution >= 4 is 11.6 Å². The third kappa shape index (κ3) is 4.37. The molecule has 0 N–H and O–H groups in total. The Kier molecular flexibility index (Phi) is 5.49. The molecule has 0 amide bonds. The molecular weight excluding hydrogens is 262 g/mol. The summed E-state index contributed by atoms with van der Waals surface area (Å²) in [5, 5.41) is 0.0587. The third-order valence-corrected chi connectivity index (χ3v) is 3.66. The lowest BCUT2D eigenvalue weighted by Gasteiger charge is -2.19. The number of methoxy groups -OCH3 is 1. The maximum atomic E-state index is 6.15. The van der Waals surface area contributed by atoms with Crippen molar-refractivity contribution in [1.29, 1.82) is 0 Å². The number of likely N-dealkylation sites (N-methyl/N-ethyl adjacent to an activating group) is 1. The number of fused-ring (bicyclic) bond motifs is 1. The van der Waals surface area contributed by atoms with Crippen LogP contribution in [0.3, 0.4) is 0 Å². The predicted molar refractivity (Wildman–Crippen MR) is 78.4 cm³/mol. The monoisotopic (exact) mass is 283 g/mol. The highest BCUT2D eigenvalue weighted by Crippen LogP contribution is 2.25. The van der Waals surface area contributed by atoms with Crippen LogP contribution in [-0.4, -0.2) is 50.7 Å². The van der Waals surface area contributed by atoms with Crippen molar-refractivity contribution in [2.24, 2.45) is 0 Å². The van der Waals surface area contributed by atoms with Gasteiger partial charge >= 0.3 is 0 Å². The van der Waals surface area contributed by atoms with E-state index in [4.69, 9.17) is 21.1 Å². The van der Waals surface area contributed by atoms with Gasteiger partial charge < -0.3 is 14.4 Å². The fourth-order valence-corrected chi connectivity index (χ4v) is 2.74. The van der Waals surface area contributed by atoms with E-state index in [9.17, 15) is 0 Å². The maximum absolute atomic E-state index is 6.15. The molecule has 1 unspecified atom stereocenters. The summed E-state index contributed by atoms with van der Waals surface area (Å²) in [5.41, 5.74) is 2.71. The Morgan fingerprint density at radius 3 is 3.11 bits per heavy atom. The lowest BCUT2D eigenvalue weighted by atomic mass is 10.1. The van der Waals surface area contributed by atoms with Crippen LogP contribution in [0, 0.1) is 0 Å². The molecule has 0 aromatic heterocycles. The van der Waals surface area contributed by atoms with Gasteiger partial charge in [0, 0.05) is 26.6 Å². The van der Waals surface area contributed by atoms with E-state index < -0.39 is 0 Å². The Balaban J connectivity index is 1.78. The molecule has 106 valence electrons. The second-order valence-electron chi connectivity index (χ2n) is 5.11. The molecule has 0 saturated carbocycles. The van der Waals surface area contributed by atoms with Crippen LogP contribution in [0.15, 0.2) is 18.2 Å². The molecule has 1 aromatic carbocycles. The van der Waals surface area contributed by atoms with Crippen LogP contribution >= 0.6 is 11.6 Å². The number of halogens is 1. The van der Waals surface area contributed by atoms with E-state index in [1.807, 2.05) is 0 Å². The fraction of sp³-hybridized carbons (Fsp3) is 0.600. The van der Waals surface area contributed by atoms with Crippen molar-refractivity contribution < 1.29 is 9.47 Å². The summed E-state index contributed by atoms with van der Waals surface area (Å²) >= 11 is 6.15. The van der Waals surface area contributed by atoms with Gasteiger partial charge in [-0.05, 0) is 30.7 Å². The first-order valence-electron chi connectivity index (χ1n) is 6.75. The molecule has 1 atom stereocenters. The van der Waals surface area contributed by atoms with Crippen molar-refractivity contribution in [3.05, 3.63) is 29.3 Å². The molecule has 0 spiro atoms. The van der Waals surface area contributed by atoms with Crippen LogP contribution in [0.25, 0.3) is 0 Å². The van der Waals surface area contributed by atoms with E-state index in [2.05, 4.69) is 30.1 Å². The molecule has 0 aliphatic carbocycles. The normalized spacial score (nSPS) is 15.4. The van der Waals surface area contributed by atoms with Crippen LogP contribution in [0.5, 0.6) is 5.75 Å². The smallest absolute Gasteiger partial charge is 0.122 e. The van der Waals surface area contributed by atoms with Gasteiger partial charge in [0.1, 0.15) is 5.75 Å². The molecule has 0 saturated heterocycles. The topological polar surface area (TPSA) is 21.7 Å². The third-order valence-electron chi connectivity index (χ3n) is 3.39. The zero-order valence-electron chi connectivity index (χ0n) is 11.7. The second kappa shape index (κ2) is 7.13. The van der Waals surface area contributed by atoms with E-state index in [-0.39, 0.29) is 5.38 Å². The molecular formula is C15H22ClNO2. The molecule has 1 aliphatic rings. The van der Waals surface area contributed by atoms with E-state index in [0.29, 0.717) is 6.61 Å². The van der Waals surface area contributed by atoms with Gasteiger partial charge in [-0.25, -0.2) is 0 Å². The molecule has 1 aliphatic heterocycles. The van der Waals surface area contributed by atoms with Gasteiger partial charge in [-0.1, -0.05) is 12.1 Å². The summed E-state index contributed by atoms with van der Waals surface area (Å²) in [6.07, 6.45) is 2.08. The predicted octanol–water partition coefficient (Wildman–Crippen LogP) is 2.35. The summed E-state index contributed by atoms with van der Waals surface area (Å²) in [4.78, 5) is 2.25. The van der Waals surface area contributed by atoms with Crippen LogP contribution in [-0.2, 0) is 17.6 Å². The minimum absolute atomic E-state index is 0.0587. The number of rotatable bonds is 7. The highest BCUT2D eigenvalue weighted by Gasteiger charge is 2.12. The van der Waals surface area contributed by atoms with Gasteiger partial charge in [0.15, 0.2) is 0 Å². The summed E-state index contributed by atoms with van der Waals surface area (Å²) < 4.78 is 10.6. The number of benzene rings is 1. The molecule has 2 rings (SSSR count). The van der Waals surface area contributed by atoms with Crippen molar-refractivity contribution in [2.75, 3.05) is 40.5 Å². The standard InChI is InChI=1S/C15H22ClNO2/c1-17(10-14(16)11-18-2)7-5-12-3-4-15-13(9-12)6-8-19-15/h3-4,9,14H,5-8,10-11H2,1-2H3. The maximum Gasteiger partial charge on any atom is 0.122 e. The molecule has 4 heteroatoms. The van der Waals surface area contributed by atoms with Crippen LogP contribution in [0.2, 0.25) is 0 Å². The fourth-order valence-electron chi connectivity index (χ4n) is 2.38. The molecule has 1 aromatic rings. The number of hydrogen-bond donors (Lipinski definition) is 0. The minimum Gasteiger partial charge on any atom is -0.493 e. The Morgan fingerprint density at radius 1 is 1.47 bits per heavy atom. The Bertz CT molecular complexity index is 411. The largest absolute Gasteiger partial charge is 0.493 e. The summed E-state index contributed by atoms with van der Waals surface area (Å²) in [6.45, 7) is 3.28. The van der Waals surface area contributed by atoms with E-state index in [1.54, 1.807) is 7.11 Å². The van der Waals surface area contributed by atoms with Gasteiger partial charge in [0.2, 0.25) is 0 Å². The Hall–Kier alpha value is -0.770. The zero-order valence-corrected chi connectivity index (χ0v) is 12.4. The van der Waals surface area contributed by atoms with Crippen molar-refractivity contribution in [2.45, 2.75) is 18.2 Å². The minimum atomic E-state index is 0.0587. The molecule has 3 nitrogen and oxygen atoms in total. The van der Waals surface area contributed by atoms with Gasteiger partial charge in [0.05, 0.1) is 18.6 Å². The van der Waals surface area contributed by atoms with Crippen molar-refractivity contribution in [3.8, 4) is 5.75 Å². The Morgan fingerprint density at radius 2 is 2.32 bits per heavy atom. The lowest BCUT2D eigenvalue weighted by Crippen LogP contribution is -2.30. The highest BCUT2D eigenvalue weighted by atomic mass is 35.5. The quantitative estimate of drug-likeness (QED) is 0.717. The summed E-state index contributed by atoms with van der Waals surface area (Å²) in [6, 6.07) is 6.52. The summed E-state index contributed by atoms with van der Waals surface area (Å²) in [7, 11) is 3.78.